The second kappa shape index (κ2) is 7.57. The lowest BCUT2D eigenvalue weighted by Crippen LogP contribution is -2.31. The van der Waals surface area contributed by atoms with E-state index >= 15 is 0 Å². The van der Waals surface area contributed by atoms with Crippen LogP contribution in [0.4, 0.5) is 0 Å². The molecule has 1 saturated heterocycles. The molecule has 1 fully saturated rings. The number of aromatic nitrogens is 3. The maximum absolute atomic E-state index is 12.5. The summed E-state index contributed by atoms with van der Waals surface area (Å²) in [6, 6.07) is 4.06. The van der Waals surface area contributed by atoms with Gasteiger partial charge in [0.25, 0.3) is 5.91 Å². The van der Waals surface area contributed by atoms with Gasteiger partial charge in [0.2, 0.25) is 0 Å². The van der Waals surface area contributed by atoms with Crippen molar-refractivity contribution in [1.29, 1.82) is 0 Å². The third kappa shape index (κ3) is 4.00. The molecule has 0 spiro atoms. The standard InChI is InChI=1S/C18H25N5O/c1-3-23-14-17(10-20-23)18(24)22-8-6-16(13-22)12-21(2)11-15-5-4-7-19-9-15/h4-5,7,9-10,14,16H,3,6,8,11-13H2,1-2H3/t16-/m1/s1. The van der Waals surface area contributed by atoms with Gasteiger partial charge in [-0.25, -0.2) is 0 Å². The number of rotatable bonds is 6. The molecule has 0 radical (unpaired) electrons. The number of pyridine rings is 1. The molecule has 128 valence electrons. The third-order valence-electron chi connectivity index (χ3n) is 4.52. The molecule has 24 heavy (non-hydrogen) atoms. The Kier molecular flexibility index (Phi) is 5.25. The molecule has 2 aromatic heterocycles. The Hall–Kier alpha value is -2.21. The van der Waals surface area contributed by atoms with Crippen molar-refractivity contribution in [2.75, 3.05) is 26.7 Å². The van der Waals surface area contributed by atoms with Crippen molar-refractivity contribution < 1.29 is 4.79 Å². The Morgan fingerprint density at radius 2 is 2.29 bits per heavy atom. The van der Waals surface area contributed by atoms with Crippen molar-refractivity contribution in [2.45, 2.75) is 26.4 Å². The maximum Gasteiger partial charge on any atom is 0.257 e. The lowest BCUT2D eigenvalue weighted by Gasteiger charge is -2.21. The van der Waals surface area contributed by atoms with Crippen molar-refractivity contribution in [2.24, 2.45) is 5.92 Å². The molecule has 1 aliphatic rings. The zero-order valence-electron chi connectivity index (χ0n) is 14.4. The van der Waals surface area contributed by atoms with Gasteiger partial charge < -0.3 is 9.80 Å². The minimum absolute atomic E-state index is 0.104. The van der Waals surface area contributed by atoms with E-state index in [1.165, 1.54) is 5.56 Å². The van der Waals surface area contributed by atoms with Crippen LogP contribution in [0, 0.1) is 5.92 Å². The Bertz CT molecular complexity index is 669. The topological polar surface area (TPSA) is 54.3 Å². The first-order chi connectivity index (χ1) is 11.7. The second-order valence-corrected chi connectivity index (χ2v) is 6.55. The van der Waals surface area contributed by atoms with Gasteiger partial charge in [0.05, 0.1) is 11.8 Å². The molecule has 1 atom stereocenters. The number of amides is 1. The van der Waals surface area contributed by atoms with Gasteiger partial charge in [-0.3, -0.25) is 14.5 Å². The van der Waals surface area contributed by atoms with E-state index < -0.39 is 0 Å². The van der Waals surface area contributed by atoms with Crippen LogP contribution < -0.4 is 0 Å². The highest BCUT2D eigenvalue weighted by Gasteiger charge is 2.28. The van der Waals surface area contributed by atoms with Crippen LogP contribution in [0.25, 0.3) is 0 Å². The molecule has 0 N–H and O–H groups in total. The molecule has 6 nitrogen and oxygen atoms in total. The fourth-order valence-corrected chi connectivity index (χ4v) is 3.30. The molecule has 6 heteroatoms. The normalized spacial score (nSPS) is 17.6. The molecule has 3 rings (SSSR count). The number of hydrogen-bond acceptors (Lipinski definition) is 4. The van der Waals surface area contributed by atoms with Gasteiger partial charge in [-0.1, -0.05) is 6.07 Å². The van der Waals surface area contributed by atoms with E-state index in [-0.39, 0.29) is 5.91 Å². The van der Waals surface area contributed by atoms with Crippen LogP contribution in [-0.4, -0.2) is 57.2 Å². The van der Waals surface area contributed by atoms with Gasteiger partial charge in [-0.2, -0.15) is 5.10 Å². The van der Waals surface area contributed by atoms with Gasteiger partial charge in [-0.05, 0) is 37.9 Å². The first kappa shape index (κ1) is 16.6. The summed E-state index contributed by atoms with van der Waals surface area (Å²) in [5.41, 5.74) is 1.92. The van der Waals surface area contributed by atoms with Gasteiger partial charge in [0.1, 0.15) is 0 Å². The van der Waals surface area contributed by atoms with Crippen molar-refractivity contribution >= 4 is 5.91 Å². The first-order valence-electron chi connectivity index (χ1n) is 8.55. The number of carbonyl (C=O) groups excluding carboxylic acids is 1. The molecule has 0 saturated carbocycles. The quantitative estimate of drug-likeness (QED) is 0.813. The Labute approximate surface area is 143 Å². The largest absolute Gasteiger partial charge is 0.338 e. The minimum atomic E-state index is 0.104. The second-order valence-electron chi connectivity index (χ2n) is 6.55. The first-order valence-corrected chi connectivity index (χ1v) is 8.55. The van der Waals surface area contributed by atoms with Crippen LogP contribution in [0.1, 0.15) is 29.3 Å². The summed E-state index contributed by atoms with van der Waals surface area (Å²) in [5, 5.41) is 4.20. The molecular weight excluding hydrogens is 302 g/mol. The maximum atomic E-state index is 12.5. The molecule has 0 aromatic carbocycles. The molecular formula is C18H25N5O. The van der Waals surface area contributed by atoms with E-state index in [2.05, 4.69) is 28.1 Å². The van der Waals surface area contributed by atoms with Crippen LogP contribution in [0.5, 0.6) is 0 Å². The smallest absolute Gasteiger partial charge is 0.257 e. The SMILES string of the molecule is CCn1cc(C(=O)N2CC[C@H](CN(C)Cc3cccnc3)C2)cn1. The number of hydrogen-bond donors (Lipinski definition) is 0. The third-order valence-corrected chi connectivity index (χ3v) is 4.52. The molecule has 1 aliphatic heterocycles. The van der Waals surface area contributed by atoms with Crippen LogP contribution in [0.2, 0.25) is 0 Å². The number of likely N-dealkylation sites (tertiary alicyclic amines) is 1. The summed E-state index contributed by atoms with van der Waals surface area (Å²) in [5.74, 6) is 0.629. The molecule has 1 amide bonds. The van der Waals surface area contributed by atoms with E-state index in [9.17, 15) is 4.79 Å². The highest BCUT2D eigenvalue weighted by Crippen LogP contribution is 2.20. The summed E-state index contributed by atoms with van der Waals surface area (Å²) in [6.45, 7) is 6.35. The number of carbonyl (C=O) groups is 1. The van der Waals surface area contributed by atoms with Gasteiger partial charge in [-0.15, -0.1) is 0 Å². The predicted molar refractivity (Wildman–Crippen MR) is 92.5 cm³/mol. The number of nitrogens with zero attached hydrogens (tertiary/aromatic N) is 5. The minimum Gasteiger partial charge on any atom is -0.338 e. The highest BCUT2D eigenvalue weighted by molar-refractivity contribution is 5.93. The van der Waals surface area contributed by atoms with Gasteiger partial charge in [0.15, 0.2) is 0 Å². The van der Waals surface area contributed by atoms with E-state index in [1.54, 1.807) is 17.1 Å². The van der Waals surface area contributed by atoms with Crippen LogP contribution >= 0.6 is 0 Å². The van der Waals surface area contributed by atoms with Crippen molar-refractivity contribution in [3.8, 4) is 0 Å². The summed E-state index contributed by atoms with van der Waals surface area (Å²) < 4.78 is 1.79. The highest BCUT2D eigenvalue weighted by atomic mass is 16.2. The van der Waals surface area contributed by atoms with E-state index in [0.717, 1.165) is 39.1 Å². The van der Waals surface area contributed by atoms with E-state index in [4.69, 9.17) is 0 Å². The summed E-state index contributed by atoms with van der Waals surface area (Å²) in [7, 11) is 2.13. The van der Waals surface area contributed by atoms with Crippen LogP contribution in [0.3, 0.4) is 0 Å². The zero-order valence-corrected chi connectivity index (χ0v) is 14.4. The summed E-state index contributed by atoms with van der Waals surface area (Å²) in [4.78, 5) is 21.0. The van der Waals surface area contributed by atoms with Gasteiger partial charge >= 0.3 is 0 Å². The van der Waals surface area contributed by atoms with Crippen LogP contribution in [-0.2, 0) is 13.1 Å². The van der Waals surface area contributed by atoms with E-state index in [0.29, 0.717) is 11.5 Å². The van der Waals surface area contributed by atoms with Crippen LogP contribution in [0.15, 0.2) is 36.9 Å². The molecule has 3 heterocycles. The predicted octanol–water partition coefficient (Wildman–Crippen LogP) is 1.89. The van der Waals surface area contributed by atoms with Crippen molar-refractivity contribution in [3.63, 3.8) is 0 Å². The van der Waals surface area contributed by atoms with Crippen molar-refractivity contribution in [3.05, 3.63) is 48.0 Å². The molecule has 0 aliphatic carbocycles. The fourth-order valence-electron chi connectivity index (χ4n) is 3.30. The monoisotopic (exact) mass is 327 g/mol. The Morgan fingerprint density at radius 3 is 3.00 bits per heavy atom. The van der Waals surface area contributed by atoms with E-state index in [1.807, 2.05) is 30.3 Å². The lowest BCUT2D eigenvalue weighted by atomic mass is 10.1. The zero-order chi connectivity index (χ0) is 16.9. The molecule has 0 bridgehead atoms. The number of aryl methyl sites for hydroxylation is 1. The molecule has 0 unspecified atom stereocenters. The molecule has 2 aromatic rings. The fraction of sp³-hybridized carbons (Fsp3) is 0.500. The lowest BCUT2D eigenvalue weighted by molar-refractivity contribution is 0.0784. The summed E-state index contributed by atoms with van der Waals surface area (Å²) in [6.07, 6.45) is 8.28. The average molecular weight is 327 g/mol. The van der Waals surface area contributed by atoms with Crippen molar-refractivity contribution in [1.82, 2.24) is 24.6 Å². The van der Waals surface area contributed by atoms with Gasteiger partial charge in [0, 0.05) is 51.3 Å². The average Bonchev–Trinajstić information content (AvgIpc) is 3.24. The summed E-state index contributed by atoms with van der Waals surface area (Å²) >= 11 is 0. The Morgan fingerprint density at radius 1 is 1.42 bits per heavy atom. The Balaban J connectivity index is 1.50.